The Morgan fingerprint density at radius 3 is 2.72 bits per heavy atom. The SMILES string of the molecule is CCNC(=NCc1nccn1CC(C)C)NCC(c1ccco1)N1CCCC1.I. The molecule has 1 aliphatic heterocycles. The summed E-state index contributed by atoms with van der Waals surface area (Å²) in [6, 6.07) is 4.26. The summed E-state index contributed by atoms with van der Waals surface area (Å²) in [7, 11) is 0. The molecule has 2 aromatic heterocycles. The molecule has 7 nitrogen and oxygen atoms in total. The van der Waals surface area contributed by atoms with Crippen LogP contribution in [-0.4, -0.2) is 46.6 Å². The lowest BCUT2D eigenvalue weighted by molar-refractivity contribution is 0.215. The van der Waals surface area contributed by atoms with Crippen molar-refractivity contribution < 1.29 is 4.42 Å². The van der Waals surface area contributed by atoms with Gasteiger partial charge in [0.05, 0.1) is 12.3 Å². The molecule has 2 N–H and O–H groups in total. The van der Waals surface area contributed by atoms with E-state index in [0.29, 0.717) is 12.5 Å². The zero-order valence-electron chi connectivity index (χ0n) is 17.8. The van der Waals surface area contributed by atoms with Gasteiger partial charge in [-0.3, -0.25) is 4.90 Å². The van der Waals surface area contributed by atoms with Crippen LogP contribution in [-0.2, 0) is 13.1 Å². The van der Waals surface area contributed by atoms with Crippen LogP contribution in [0.25, 0.3) is 0 Å². The Morgan fingerprint density at radius 1 is 1.28 bits per heavy atom. The molecule has 1 fully saturated rings. The molecule has 1 atom stereocenters. The monoisotopic (exact) mass is 514 g/mol. The van der Waals surface area contributed by atoms with Gasteiger partial charge in [-0.1, -0.05) is 13.8 Å². The van der Waals surface area contributed by atoms with E-state index in [1.807, 2.05) is 18.5 Å². The molecule has 0 saturated carbocycles. The fourth-order valence-corrected chi connectivity index (χ4v) is 3.68. The first-order valence-corrected chi connectivity index (χ1v) is 10.5. The average molecular weight is 514 g/mol. The molecule has 1 unspecified atom stereocenters. The van der Waals surface area contributed by atoms with Gasteiger partial charge in [0.2, 0.25) is 0 Å². The van der Waals surface area contributed by atoms with Crippen molar-refractivity contribution in [3.8, 4) is 0 Å². The van der Waals surface area contributed by atoms with Crippen LogP contribution in [0.3, 0.4) is 0 Å². The molecule has 8 heteroatoms. The molecule has 1 aliphatic rings. The lowest BCUT2D eigenvalue weighted by atomic mass is 10.2. The first-order valence-electron chi connectivity index (χ1n) is 10.5. The number of furan rings is 1. The van der Waals surface area contributed by atoms with Crippen molar-refractivity contribution in [1.29, 1.82) is 0 Å². The molecule has 3 heterocycles. The van der Waals surface area contributed by atoms with Crippen molar-refractivity contribution in [1.82, 2.24) is 25.1 Å². The summed E-state index contributed by atoms with van der Waals surface area (Å²) in [4.78, 5) is 11.7. The summed E-state index contributed by atoms with van der Waals surface area (Å²) >= 11 is 0. The molecule has 0 bridgehead atoms. The predicted molar refractivity (Wildman–Crippen MR) is 128 cm³/mol. The molecule has 0 spiro atoms. The highest BCUT2D eigenvalue weighted by Crippen LogP contribution is 2.24. The molecule has 0 radical (unpaired) electrons. The molecule has 2 aromatic rings. The minimum absolute atomic E-state index is 0. The Morgan fingerprint density at radius 2 is 2.07 bits per heavy atom. The van der Waals surface area contributed by atoms with Crippen molar-refractivity contribution in [2.75, 3.05) is 26.2 Å². The maximum Gasteiger partial charge on any atom is 0.191 e. The second-order valence-electron chi connectivity index (χ2n) is 7.74. The van der Waals surface area contributed by atoms with E-state index in [4.69, 9.17) is 9.41 Å². The second kappa shape index (κ2) is 12.2. The van der Waals surface area contributed by atoms with E-state index in [0.717, 1.165) is 50.3 Å². The Labute approximate surface area is 191 Å². The highest BCUT2D eigenvalue weighted by Gasteiger charge is 2.25. The van der Waals surface area contributed by atoms with Crippen LogP contribution in [0.5, 0.6) is 0 Å². The van der Waals surface area contributed by atoms with E-state index in [1.54, 1.807) is 6.26 Å². The first-order chi connectivity index (χ1) is 13.7. The van der Waals surface area contributed by atoms with Crippen LogP contribution in [0.15, 0.2) is 40.2 Å². The van der Waals surface area contributed by atoms with Crippen LogP contribution in [0, 0.1) is 5.92 Å². The fourth-order valence-electron chi connectivity index (χ4n) is 3.68. The van der Waals surface area contributed by atoms with E-state index in [-0.39, 0.29) is 30.0 Å². The van der Waals surface area contributed by atoms with Crippen LogP contribution in [0.4, 0.5) is 0 Å². The first kappa shape index (κ1) is 23.7. The maximum atomic E-state index is 5.72. The number of aromatic nitrogens is 2. The molecule has 1 saturated heterocycles. The third-order valence-electron chi connectivity index (χ3n) is 5.00. The molecule has 0 amide bonds. The lowest BCUT2D eigenvalue weighted by Crippen LogP contribution is -2.42. The molecule has 0 aliphatic carbocycles. The van der Waals surface area contributed by atoms with Crippen LogP contribution < -0.4 is 10.6 Å². The minimum atomic E-state index is 0. The molecule has 0 aromatic carbocycles. The van der Waals surface area contributed by atoms with E-state index in [1.165, 1.54) is 12.8 Å². The van der Waals surface area contributed by atoms with Gasteiger partial charge >= 0.3 is 0 Å². The van der Waals surface area contributed by atoms with Gasteiger partial charge in [0.25, 0.3) is 0 Å². The number of rotatable bonds is 9. The summed E-state index contributed by atoms with van der Waals surface area (Å²) in [5, 5.41) is 6.86. The fraction of sp³-hybridized carbons (Fsp3) is 0.619. The Hall–Kier alpha value is -1.55. The van der Waals surface area contributed by atoms with Gasteiger partial charge in [-0.15, -0.1) is 24.0 Å². The number of hydrogen-bond donors (Lipinski definition) is 2. The topological polar surface area (TPSA) is 70.6 Å². The normalized spacial score (nSPS) is 16.1. The van der Waals surface area contributed by atoms with Gasteiger partial charge in [0, 0.05) is 32.0 Å². The molecule has 29 heavy (non-hydrogen) atoms. The third kappa shape index (κ3) is 7.02. The summed E-state index contributed by atoms with van der Waals surface area (Å²) in [5.74, 6) is 3.40. The van der Waals surface area contributed by atoms with Crippen molar-refractivity contribution in [3.05, 3.63) is 42.4 Å². The third-order valence-corrected chi connectivity index (χ3v) is 5.00. The molecule has 3 rings (SSSR count). The number of nitrogens with one attached hydrogen (secondary N) is 2. The van der Waals surface area contributed by atoms with Gasteiger partial charge in [-0.05, 0) is 50.9 Å². The van der Waals surface area contributed by atoms with Gasteiger partial charge in [-0.25, -0.2) is 9.98 Å². The van der Waals surface area contributed by atoms with Crippen LogP contribution in [0.1, 0.15) is 51.2 Å². The van der Waals surface area contributed by atoms with Crippen LogP contribution >= 0.6 is 24.0 Å². The number of imidazole rings is 1. The molecular formula is C21H35IN6O. The molecular weight excluding hydrogens is 479 g/mol. The summed E-state index contributed by atoms with van der Waals surface area (Å²) in [6.45, 7) is 11.9. The number of nitrogens with zero attached hydrogens (tertiary/aromatic N) is 4. The zero-order chi connectivity index (χ0) is 19.8. The van der Waals surface area contributed by atoms with Crippen molar-refractivity contribution >= 4 is 29.9 Å². The highest BCUT2D eigenvalue weighted by atomic mass is 127. The van der Waals surface area contributed by atoms with Gasteiger partial charge in [0.15, 0.2) is 5.96 Å². The number of halogens is 1. The number of likely N-dealkylation sites (tertiary alicyclic amines) is 1. The van der Waals surface area contributed by atoms with E-state index >= 15 is 0 Å². The van der Waals surface area contributed by atoms with Crippen molar-refractivity contribution in [2.45, 2.75) is 52.7 Å². The maximum absolute atomic E-state index is 5.72. The highest BCUT2D eigenvalue weighted by molar-refractivity contribution is 14.0. The van der Waals surface area contributed by atoms with Gasteiger partial charge in [0.1, 0.15) is 18.1 Å². The Bertz CT molecular complexity index is 721. The van der Waals surface area contributed by atoms with Gasteiger partial charge in [-0.2, -0.15) is 0 Å². The zero-order valence-corrected chi connectivity index (χ0v) is 20.1. The van der Waals surface area contributed by atoms with Crippen molar-refractivity contribution in [2.24, 2.45) is 10.9 Å². The predicted octanol–water partition coefficient (Wildman–Crippen LogP) is 3.64. The average Bonchev–Trinajstić information content (AvgIpc) is 3.43. The quantitative estimate of drug-likeness (QED) is 0.304. The summed E-state index contributed by atoms with van der Waals surface area (Å²) in [5.41, 5.74) is 0. The van der Waals surface area contributed by atoms with E-state index in [9.17, 15) is 0 Å². The van der Waals surface area contributed by atoms with Crippen molar-refractivity contribution in [3.63, 3.8) is 0 Å². The summed E-state index contributed by atoms with van der Waals surface area (Å²) < 4.78 is 7.90. The van der Waals surface area contributed by atoms with Crippen LogP contribution in [0.2, 0.25) is 0 Å². The van der Waals surface area contributed by atoms with E-state index in [2.05, 4.69) is 51.9 Å². The number of guanidine groups is 1. The minimum Gasteiger partial charge on any atom is -0.468 e. The number of hydrogen-bond acceptors (Lipinski definition) is 4. The smallest absolute Gasteiger partial charge is 0.191 e. The second-order valence-corrected chi connectivity index (χ2v) is 7.74. The van der Waals surface area contributed by atoms with Gasteiger partial charge < -0.3 is 19.6 Å². The molecule has 162 valence electrons. The standard InChI is InChI=1S/C21H34N6O.HI/c1-4-22-21(25-15-20-23-9-12-27(20)16-17(2)3)24-14-18(19-8-7-13-28-19)26-10-5-6-11-26;/h7-9,12-13,17-18H,4-6,10-11,14-16H2,1-3H3,(H2,22,24,25);1H. The lowest BCUT2D eigenvalue weighted by Gasteiger charge is -2.26. The van der Waals surface area contributed by atoms with E-state index < -0.39 is 0 Å². The Balaban J connectivity index is 0.00000300. The summed E-state index contributed by atoms with van der Waals surface area (Å²) in [6.07, 6.45) is 8.15. The largest absolute Gasteiger partial charge is 0.468 e. The number of aliphatic imine (C=N–C) groups is 1. The Kier molecular flexibility index (Phi) is 9.99.